The average molecular weight is 354 g/mol. The second-order valence-electron chi connectivity index (χ2n) is 6.31. The minimum Gasteiger partial charge on any atom is -0.497 e. The van der Waals surface area contributed by atoms with Gasteiger partial charge in [0.2, 0.25) is 0 Å². The summed E-state index contributed by atoms with van der Waals surface area (Å²) in [7, 11) is 3.16. The number of ether oxygens (including phenoxy) is 4. The second kappa shape index (κ2) is 6.37. The first-order chi connectivity index (χ1) is 12.6. The van der Waals surface area contributed by atoms with Crippen LogP contribution in [0.1, 0.15) is 23.3 Å². The summed E-state index contributed by atoms with van der Waals surface area (Å²) in [6.07, 6.45) is -1.29. The average Bonchev–Trinajstić information content (AvgIpc) is 3.21. The third kappa shape index (κ3) is 2.58. The van der Waals surface area contributed by atoms with E-state index in [1.165, 1.54) is 0 Å². The molecular formula is C20H18O6. The standard InChI is InChI=1S/C20H18O6/c1-23-13-7-3-11(4-8-13)17-15-16(20(22)25-17)18(26-19(15)21)12-5-9-14(24-2)10-6-12/h3-10,15-18H,1-2H3/t15-,16+,17-,18-/m0/s1. The number of fused-ring (bicyclic) bond motifs is 1. The molecule has 4 atom stereocenters. The first-order valence-corrected chi connectivity index (χ1v) is 8.31. The predicted molar refractivity (Wildman–Crippen MR) is 90.6 cm³/mol. The Bertz CT molecular complexity index is 755. The van der Waals surface area contributed by atoms with Gasteiger partial charge in [-0.1, -0.05) is 24.3 Å². The molecule has 134 valence electrons. The van der Waals surface area contributed by atoms with E-state index in [4.69, 9.17) is 18.9 Å². The zero-order chi connectivity index (χ0) is 18.3. The van der Waals surface area contributed by atoms with Crippen LogP contribution >= 0.6 is 0 Å². The molecule has 2 saturated heterocycles. The zero-order valence-electron chi connectivity index (χ0n) is 14.4. The number of carbonyl (C=O) groups is 2. The number of methoxy groups -OCH3 is 2. The van der Waals surface area contributed by atoms with E-state index in [1.807, 2.05) is 0 Å². The third-order valence-electron chi connectivity index (χ3n) is 4.96. The monoisotopic (exact) mass is 354 g/mol. The highest BCUT2D eigenvalue weighted by Gasteiger charge is 2.59. The Morgan fingerprint density at radius 1 is 0.654 bits per heavy atom. The molecule has 2 aromatic carbocycles. The second-order valence-corrected chi connectivity index (χ2v) is 6.31. The van der Waals surface area contributed by atoms with Gasteiger partial charge < -0.3 is 18.9 Å². The third-order valence-corrected chi connectivity index (χ3v) is 4.96. The van der Waals surface area contributed by atoms with Crippen molar-refractivity contribution in [3.05, 3.63) is 59.7 Å². The van der Waals surface area contributed by atoms with E-state index in [1.54, 1.807) is 62.8 Å². The zero-order valence-corrected chi connectivity index (χ0v) is 14.4. The first-order valence-electron chi connectivity index (χ1n) is 8.31. The van der Waals surface area contributed by atoms with Crippen molar-refractivity contribution in [1.29, 1.82) is 0 Å². The van der Waals surface area contributed by atoms with Crippen molar-refractivity contribution < 1.29 is 28.5 Å². The van der Waals surface area contributed by atoms with Gasteiger partial charge in [0.05, 0.1) is 14.2 Å². The van der Waals surface area contributed by atoms with Crippen molar-refractivity contribution in [1.82, 2.24) is 0 Å². The number of hydrogen-bond acceptors (Lipinski definition) is 6. The molecule has 0 amide bonds. The highest BCUT2D eigenvalue weighted by molar-refractivity contribution is 5.89. The van der Waals surface area contributed by atoms with Crippen LogP contribution in [0.4, 0.5) is 0 Å². The van der Waals surface area contributed by atoms with Crippen molar-refractivity contribution in [2.45, 2.75) is 12.2 Å². The molecule has 4 rings (SSSR count). The fourth-order valence-electron chi connectivity index (χ4n) is 3.61. The van der Waals surface area contributed by atoms with Crippen LogP contribution in [0.25, 0.3) is 0 Å². The molecule has 0 aromatic heterocycles. The molecule has 2 heterocycles. The van der Waals surface area contributed by atoms with Crippen LogP contribution in [-0.2, 0) is 19.1 Å². The Morgan fingerprint density at radius 2 is 1.00 bits per heavy atom. The van der Waals surface area contributed by atoms with Gasteiger partial charge in [-0.05, 0) is 35.4 Å². The Hall–Kier alpha value is -3.02. The molecule has 2 aliphatic heterocycles. The molecule has 2 fully saturated rings. The largest absolute Gasteiger partial charge is 0.497 e. The van der Waals surface area contributed by atoms with Gasteiger partial charge in [-0.2, -0.15) is 0 Å². The number of carbonyl (C=O) groups excluding carboxylic acids is 2. The molecule has 0 unspecified atom stereocenters. The van der Waals surface area contributed by atoms with Gasteiger partial charge in [0.1, 0.15) is 35.5 Å². The van der Waals surface area contributed by atoms with Gasteiger partial charge in [-0.25, -0.2) is 0 Å². The highest BCUT2D eigenvalue weighted by atomic mass is 16.6. The molecule has 0 radical (unpaired) electrons. The number of esters is 2. The van der Waals surface area contributed by atoms with E-state index in [0.717, 1.165) is 11.1 Å². The lowest BCUT2D eigenvalue weighted by Gasteiger charge is -2.15. The van der Waals surface area contributed by atoms with Gasteiger partial charge in [-0.3, -0.25) is 9.59 Å². The summed E-state index contributed by atoms with van der Waals surface area (Å²) in [4.78, 5) is 25.0. The van der Waals surface area contributed by atoms with Crippen LogP contribution in [0.5, 0.6) is 11.5 Å². The van der Waals surface area contributed by atoms with Crippen molar-refractivity contribution in [3.63, 3.8) is 0 Å². The lowest BCUT2D eigenvalue weighted by atomic mass is 9.84. The molecule has 6 nitrogen and oxygen atoms in total. The fraction of sp³-hybridized carbons (Fsp3) is 0.300. The minimum atomic E-state index is -0.650. The predicted octanol–water partition coefficient (Wildman–Crippen LogP) is 2.83. The summed E-state index contributed by atoms with van der Waals surface area (Å²) < 4.78 is 21.4. The molecule has 0 N–H and O–H groups in total. The SMILES string of the molecule is COc1ccc([C@@H]2OC(=O)[C@H]3[C@H]2C(=O)O[C@H]3c2ccc(OC)cc2)cc1. The normalized spacial score (nSPS) is 26.8. The van der Waals surface area contributed by atoms with Crippen LogP contribution < -0.4 is 9.47 Å². The Labute approximate surface area is 150 Å². The summed E-state index contributed by atoms with van der Waals surface area (Å²) in [6, 6.07) is 14.3. The van der Waals surface area contributed by atoms with Crippen molar-refractivity contribution in [3.8, 4) is 11.5 Å². The van der Waals surface area contributed by atoms with Crippen molar-refractivity contribution >= 4 is 11.9 Å². The van der Waals surface area contributed by atoms with E-state index < -0.39 is 36.0 Å². The molecule has 0 spiro atoms. The van der Waals surface area contributed by atoms with Crippen LogP contribution in [-0.4, -0.2) is 26.2 Å². The number of cyclic esters (lactones) is 2. The van der Waals surface area contributed by atoms with E-state index in [9.17, 15) is 9.59 Å². The summed E-state index contributed by atoms with van der Waals surface area (Å²) in [6.45, 7) is 0. The molecular weight excluding hydrogens is 336 g/mol. The Kier molecular flexibility index (Phi) is 4.03. The van der Waals surface area contributed by atoms with Gasteiger partial charge in [0.25, 0.3) is 0 Å². The summed E-state index contributed by atoms with van der Waals surface area (Å²) >= 11 is 0. The summed E-state index contributed by atoms with van der Waals surface area (Å²) in [5.74, 6) is -0.740. The topological polar surface area (TPSA) is 71.1 Å². The summed E-state index contributed by atoms with van der Waals surface area (Å²) in [5.41, 5.74) is 1.50. The Balaban J connectivity index is 1.63. The maximum absolute atomic E-state index is 12.5. The van der Waals surface area contributed by atoms with Gasteiger partial charge in [0.15, 0.2) is 0 Å². The Morgan fingerprint density at radius 3 is 1.31 bits per heavy atom. The maximum Gasteiger partial charge on any atom is 0.314 e. The van der Waals surface area contributed by atoms with E-state index >= 15 is 0 Å². The lowest BCUT2D eigenvalue weighted by Crippen LogP contribution is -2.19. The van der Waals surface area contributed by atoms with Crippen LogP contribution in [0.2, 0.25) is 0 Å². The first kappa shape index (κ1) is 16.4. The lowest BCUT2D eigenvalue weighted by molar-refractivity contribution is -0.154. The quantitative estimate of drug-likeness (QED) is 0.787. The molecule has 0 saturated carbocycles. The fourth-order valence-corrected chi connectivity index (χ4v) is 3.61. The van der Waals surface area contributed by atoms with Gasteiger partial charge in [0, 0.05) is 0 Å². The van der Waals surface area contributed by atoms with Crippen molar-refractivity contribution in [2.24, 2.45) is 11.8 Å². The van der Waals surface area contributed by atoms with E-state index in [0.29, 0.717) is 11.5 Å². The van der Waals surface area contributed by atoms with Gasteiger partial charge in [-0.15, -0.1) is 0 Å². The molecule has 0 bridgehead atoms. The number of hydrogen-bond donors (Lipinski definition) is 0. The minimum absolute atomic E-state index is 0.414. The van der Waals surface area contributed by atoms with E-state index in [2.05, 4.69) is 0 Å². The number of benzene rings is 2. The van der Waals surface area contributed by atoms with E-state index in [-0.39, 0.29) is 0 Å². The number of rotatable bonds is 4. The molecule has 2 aromatic rings. The molecule has 2 aliphatic rings. The highest BCUT2D eigenvalue weighted by Crippen LogP contribution is 2.51. The molecule has 6 heteroatoms. The van der Waals surface area contributed by atoms with Crippen LogP contribution in [0.15, 0.2) is 48.5 Å². The van der Waals surface area contributed by atoms with Gasteiger partial charge >= 0.3 is 11.9 Å². The molecule has 0 aliphatic carbocycles. The summed E-state index contributed by atoms with van der Waals surface area (Å²) in [5, 5.41) is 0. The molecule has 26 heavy (non-hydrogen) atoms. The maximum atomic E-state index is 12.5. The smallest absolute Gasteiger partial charge is 0.314 e. The van der Waals surface area contributed by atoms with Crippen molar-refractivity contribution in [2.75, 3.05) is 14.2 Å². The van der Waals surface area contributed by atoms with Crippen LogP contribution in [0, 0.1) is 11.8 Å². The van der Waals surface area contributed by atoms with Crippen LogP contribution in [0.3, 0.4) is 0 Å².